The molecule has 0 spiro atoms. The van der Waals surface area contributed by atoms with Crippen LogP contribution >= 0.6 is 0 Å². The van der Waals surface area contributed by atoms with Crippen LogP contribution in [0.2, 0.25) is 0 Å². The number of hydrogen-bond acceptors (Lipinski definition) is 5. The molecule has 126 valence electrons. The average molecular weight is 340 g/mol. The predicted octanol–water partition coefficient (Wildman–Crippen LogP) is 3.23. The number of halogens is 2. The third-order valence-corrected chi connectivity index (χ3v) is 3.90. The minimum atomic E-state index is -2.43. The molecule has 0 aliphatic rings. The van der Waals surface area contributed by atoms with Crippen LogP contribution in [-0.4, -0.2) is 32.5 Å². The molecule has 0 saturated carbocycles. The van der Waals surface area contributed by atoms with E-state index < -0.39 is 13.0 Å². The summed E-state index contributed by atoms with van der Waals surface area (Å²) in [6.07, 6.45) is 0.843. The van der Waals surface area contributed by atoms with E-state index in [4.69, 9.17) is 5.73 Å². The van der Waals surface area contributed by atoms with Crippen molar-refractivity contribution in [1.29, 1.82) is 0 Å². The molecule has 4 rings (SSSR count). The van der Waals surface area contributed by atoms with Crippen molar-refractivity contribution in [3.63, 3.8) is 0 Å². The molecular weight excluding hydrogens is 326 g/mol. The topological polar surface area (TPSA) is 81.6 Å². The molecule has 1 aromatic carbocycles. The Morgan fingerprint density at radius 2 is 1.96 bits per heavy atom. The number of rotatable bonds is 4. The van der Waals surface area contributed by atoms with Gasteiger partial charge in [0.1, 0.15) is 23.6 Å². The van der Waals surface area contributed by atoms with E-state index in [9.17, 15) is 8.78 Å². The summed E-state index contributed by atoms with van der Waals surface area (Å²) in [5, 5.41) is 4.30. The summed E-state index contributed by atoms with van der Waals surface area (Å²) in [7, 11) is 0. The summed E-state index contributed by atoms with van der Waals surface area (Å²) in [6, 6.07) is 11.1. The molecular formula is C17H14F2N6. The van der Waals surface area contributed by atoms with Gasteiger partial charge in [0.15, 0.2) is 0 Å². The highest BCUT2D eigenvalue weighted by Crippen LogP contribution is 2.24. The number of pyridine rings is 1. The lowest BCUT2D eigenvalue weighted by molar-refractivity contribution is 0.163. The molecule has 0 saturated heterocycles. The third-order valence-electron chi connectivity index (χ3n) is 3.90. The summed E-state index contributed by atoms with van der Waals surface area (Å²) < 4.78 is 26.6. The van der Waals surface area contributed by atoms with Crippen molar-refractivity contribution in [2.24, 2.45) is 0 Å². The minimum Gasteiger partial charge on any atom is -0.383 e. The van der Waals surface area contributed by atoms with Crippen LogP contribution in [-0.2, 0) is 0 Å². The minimum absolute atomic E-state index is 0.411. The molecule has 0 aliphatic carbocycles. The quantitative estimate of drug-likeness (QED) is 0.596. The van der Waals surface area contributed by atoms with Gasteiger partial charge in [0.2, 0.25) is 0 Å². The molecule has 0 radical (unpaired) electrons. The zero-order valence-corrected chi connectivity index (χ0v) is 13.0. The van der Waals surface area contributed by atoms with Gasteiger partial charge in [-0.2, -0.15) is 0 Å². The Kier molecular flexibility index (Phi) is 3.64. The second-order valence-electron chi connectivity index (χ2n) is 5.53. The first-order chi connectivity index (χ1) is 12.1. The van der Waals surface area contributed by atoms with Gasteiger partial charge < -0.3 is 15.6 Å². The van der Waals surface area contributed by atoms with Crippen molar-refractivity contribution in [3.8, 4) is 5.69 Å². The van der Waals surface area contributed by atoms with Gasteiger partial charge in [0, 0.05) is 17.3 Å². The lowest BCUT2D eigenvalue weighted by atomic mass is 10.2. The number of nitrogen functional groups attached to an aromatic ring is 1. The van der Waals surface area contributed by atoms with Crippen LogP contribution in [0.25, 0.3) is 27.6 Å². The van der Waals surface area contributed by atoms with E-state index in [0.717, 1.165) is 16.5 Å². The van der Waals surface area contributed by atoms with E-state index in [-0.39, 0.29) is 0 Å². The molecule has 3 N–H and O–H groups in total. The summed E-state index contributed by atoms with van der Waals surface area (Å²) in [5.41, 5.74) is 8.10. The molecule has 4 aromatic rings. The van der Waals surface area contributed by atoms with Crippen LogP contribution in [0, 0.1) is 0 Å². The monoisotopic (exact) mass is 340 g/mol. The smallest absolute Gasteiger partial charge is 0.255 e. The number of nitrogens with zero attached hydrogens (tertiary/aromatic N) is 4. The number of fused-ring (bicyclic) bond motifs is 2. The predicted molar refractivity (Wildman–Crippen MR) is 93.1 cm³/mol. The summed E-state index contributed by atoms with van der Waals surface area (Å²) >= 11 is 0. The molecule has 0 atom stereocenters. The van der Waals surface area contributed by atoms with Crippen molar-refractivity contribution in [3.05, 3.63) is 48.9 Å². The van der Waals surface area contributed by atoms with Crippen molar-refractivity contribution >= 4 is 33.6 Å². The fourth-order valence-electron chi connectivity index (χ4n) is 2.71. The van der Waals surface area contributed by atoms with Crippen LogP contribution in [0.3, 0.4) is 0 Å². The largest absolute Gasteiger partial charge is 0.383 e. The zero-order valence-electron chi connectivity index (χ0n) is 13.0. The van der Waals surface area contributed by atoms with E-state index in [1.165, 1.54) is 6.33 Å². The van der Waals surface area contributed by atoms with E-state index in [2.05, 4.69) is 20.3 Å². The highest BCUT2D eigenvalue weighted by Gasteiger charge is 2.09. The second kappa shape index (κ2) is 5.97. The first-order valence-electron chi connectivity index (χ1n) is 7.62. The molecule has 8 heteroatoms. The van der Waals surface area contributed by atoms with Gasteiger partial charge in [0.05, 0.1) is 17.4 Å². The number of nitrogens with two attached hydrogens (primary N) is 1. The Morgan fingerprint density at radius 3 is 2.80 bits per heavy atom. The maximum Gasteiger partial charge on any atom is 0.255 e. The lowest BCUT2D eigenvalue weighted by Crippen LogP contribution is -2.11. The second-order valence-corrected chi connectivity index (χ2v) is 5.53. The van der Waals surface area contributed by atoms with Gasteiger partial charge in [-0.1, -0.05) is 6.07 Å². The molecule has 0 unspecified atom stereocenters. The van der Waals surface area contributed by atoms with Gasteiger partial charge in [-0.15, -0.1) is 0 Å². The van der Waals surface area contributed by atoms with Crippen molar-refractivity contribution in [2.75, 3.05) is 17.6 Å². The van der Waals surface area contributed by atoms with Gasteiger partial charge in [-0.3, -0.25) is 0 Å². The van der Waals surface area contributed by atoms with Gasteiger partial charge in [-0.25, -0.2) is 23.7 Å². The first-order valence-corrected chi connectivity index (χ1v) is 7.62. The Hall–Kier alpha value is -3.29. The van der Waals surface area contributed by atoms with Gasteiger partial charge >= 0.3 is 0 Å². The SMILES string of the molecule is Nc1ncnc2c1ccn2-c1ccc2ccc(NCC(F)F)nc2c1. The number of benzene rings is 1. The van der Waals surface area contributed by atoms with Crippen LogP contribution in [0.4, 0.5) is 20.4 Å². The van der Waals surface area contributed by atoms with Gasteiger partial charge in [-0.05, 0) is 30.3 Å². The number of alkyl halides is 2. The normalized spacial score (nSPS) is 11.5. The molecule has 25 heavy (non-hydrogen) atoms. The maximum absolute atomic E-state index is 12.3. The molecule has 0 amide bonds. The van der Waals surface area contributed by atoms with Crippen LogP contribution in [0.5, 0.6) is 0 Å². The van der Waals surface area contributed by atoms with Crippen LogP contribution < -0.4 is 11.1 Å². The molecule has 0 fully saturated rings. The number of nitrogens with one attached hydrogen (secondary N) is 1. The lowest BCUT2D eigenvalue weighted by Gasteiger charge is -2.09. The summed E-state index contributed by atoms with van der Waals surface area (Å²) in [5.74, 6) is 0.829. The fourth-order valence-corrected chi connectivity index (χ4v) is 2.71. The molecule has 0 aliphatic heterocycles. The van der Waals surface area contributed by atoms with Gasteiger partial charge in [0.25, 0.3) is 6.43 Å². The van der Waals surface area contributed by atoms with Crippen LogP contribution in [0.1, 0.15) is 0 Å². The average Bonchev–Trinajstić information content (AvgIpc) is 3.05. The maximum atomic E-state index is 12.3. The highest BCUT2D eigenvalue weighted by atomic mass is 19.3. The number of anilines is 2. The standard InChI is InChI=1S/C17H14F2N6/c18-14(19)8-21-15-4-2-10-1-3-11(7-13(10)24-15)25-6-5-12-16(20)22-9-23-17(12)25/h1-7,9,14H,8H2,(H,21,24)(H2,20,22,23). The third kappa shape index (κ3) is 2.82. The molecule has 0 bridgehead atoms. The van der Waals surface area contributed by atoms with E-state index >= 15 is 0 Å². The van der Waals surface area contributed by atoms with Crippen molar-refractivity contribution in [2.45, 2.75) is 6.43 Å². The van der Waals surface area contributed by atoms with E-state index in [0.29, 0.717) is 22.8 Å². The Labute approximate surface area is 141 Å². The molecule has 3 heterocycles. The number of hydrogen-bond donors (Lipinski definition) is 2. The Bertz CT molecular complexity index is 1060. The fraction of sp³-hybridized carbons (Fsp3) is 0.118. The Balaban J connectivity index is 1.78. The Morgan fingerprint density at radius 1 is 1.12 bits per heavy atom. The van der Waals surface area contributed by atoms with Crippen molar-refractivity contribution in [1.82, 2.24) is 19.5 Å². The molecule has 6 nitrogen and oxygen atoms in total. The summed E-state index contributed by atoms with van der Waals surface area (Å²) in [6.45, 7) is -0.434. The van der Waals surface area contributed by atoms with Crippen molar-refractivity contribution < 1.29 is 8.78 Å². The van der Waals surface area contributed by atoms with E-state index in [1.807, 2.05) is 41.1 Å². The number of aromatic nitrogens is 4. The first kappa shape index (κ1) is 15.3. The van der Waals surface area contributed by atoms with Crippen LogP contribution in [0.15, 0.2) is 48.9 Å². The highest BCUT2D eigenvalue weighted by molar-refractivity contribution is 5.88. The molecule has 3 aromatic heterocycles. The summed E-state index contributed by atoms with van der Waals surface area (Å²) in [4.78, 5) is 12.7. The zero-order chi connectivity index (χ0) is 17.4. The van der Waals surface area contributed by atoms with E-state index in [1.54, 1.807) is 6.07 Å².